The lowest BCUT2D eigenvalue weighted by Gasteiger charge is -2.00. The Morgan fingerprint density at radius 1 is 1.75 bits per heavy atom. The zero-order chi connectivity index (χ0) is 8.39. The number of hydrogen-bond acceptors (Lipinski definition) is 4. The molecule has 1 unspecified atom stereocenters. The fourth-order valence-electron chi connectivity index (χ4n) is 1.41. The van der Waals surface area contributed by atoms with Gasteiger partial charge in [0.2, 0.25) is 0 Å². The number of hydrogen-bond donors (Lipinski definition) is 1. The fourth-order valence-corrected chi connectivity index (χ4v) is 2.28. The molecule has 1 aliphatic rings. The van der Waals surface area contributed by atoms with Crippen molar-refractivity contribution in [1.82, 2.24) is 10.3 Å². The van der Waals surface area contributed by atoms with Crippen LogP contribution >= 0.6 is 11.3 Å². The minimum atomic E-state index is 0.531. The van der Waals surface area contributed by atoms with Crippen molar-refractivity contribution >= 4 is 17.6 Å². The Labute approximate surface area is 74.8 Å². The Morgan fingerprint density at radius 2 is 2.67 bits per heavy atom. The zero-order valence-electron chi connectivity index (χ0n) is 6.62. The van der Waals surface area contributed by atoms with Gasteiger partial charge in [0.1, 0.15) is 0 Å². The molecule has 0 bridgehead atoms. The minimum Gasteiger partial charge on any atom is -0.316 e. The number of aromatic nitrogens is 1. The maximum atomic E-state index is 10.4. The summed E-state index contributed by atoms with van der Waals surface area (Å²) in [5.41, 5.74) is 0. The van der Waals surface area contributed by atoms with Crippen molar-refractivity contribution in [3.05, 3.63) is 16.1 Å². The van der Waals surface area contributed by atoms with Gasteiger partial charge in [0.25, 0.3) is 0 Å². The summed E-state index contributed by atoms with van der Waals surface area (Å²) in [6.07, 6.45) is 3.67. The second kappa shape index (κ2) is 3.33. The van der Waals surface area contributed by atoms with Crippen LogP contribution in [0.5, 0.6) is 0 Å². The largest absolute Gasteiger partial charge is 0.316 e. The molecule has 0 spiro atoms. The first-order valence-electron chi connectivity index (χ1n) is 4.02. The standard InChI is InChI=1S/C8H10N2OS/c11-5-7-4-10-8(12-7)6-1-2-9-3-6/h4-6,9H,1-3H2. The van der Waals surface area contributed by atoms with Gasteiger partial charge in [0.05, 0.1) is 9.88 Å². The Hall–Kier alpha value is -0.740. The van der Waals surface area contributed by atoms with E-state index in [0.717, 1.165) is 35.7 Å². The molecule has 1 atom stereocenters. The van der Waals surface area contributed by atoms with E-state index >= 15 is 0 Å². The number of aldehydes is 1. The smallest absolute Gasteiger partial charge is 0.161 e. The molecule has 0 aliphatic carbocycles. The lowest BCUT2D eigenvalue weighted by Crippen LogP contribution is -2.07. The molecule has 1 N–H and O–H groups in total. The van der Waals surface area contributed by atoms with Crippen LogP contribution in [0, 0.1) is 0 Å². The second-order valence-electron chi connectivity index (χ2n) is 2.91. The average Bonchev–Trinajstić information content (AvgIpc) is 2.75. The second-order valence-corrected chi connectivity index (χ2v) is 4.00. The summed E-state index contributed by atoms with van der Waals surface area (Å²) in [4.78, 5) is 15.3. The molecule has 0 saturated carbocycles. The van der Waals surface area contributed by atoms with Crippen LogP contribution < -0.4 is 5.32 Å². The summed E-state index contributed by atoms with van der Waals surface area (Å²) in [5.74, 6) is 0.531. The highest BCUT2D eigenvalue weighted by atomic mass is 32.1. The number of carbonyl (C=O) groups is 1. The highest BCUT2D eigenvalue weighted by molar-refractivity contribution is 7.13. The molecular weight excluding hydrogens is 172 g/mol. The molecule has 0 aromatic carbocycles. The van der Waals surface area contributed by atoms with Crippen LogP contribution in [0.25, 0.3) is 0 Å². The Morgan fingerprint density at radius 3 is 3.25 bits per heavy atom. The fraction of sp³-hybridized carbons (Fsp3) is 0.500. The maximum absolute atomic E-state index is 10.4. The van der Waals surface area contributed by atoms with Gasteiger partial charge in [0, 0.05) is 18.7 Å². The topological polar surface area (TPSA) is 42.0 Å². The quantitative estimate of drug-likeness (QED) is 0.695. The molecule has 4 heteroatoms. The normalized spacial score (nSPS) is 22.8. The molecule has 3 nitrogen and oxygen atoms in total. The Balaban J connectivity index is 2.16. The first-order chi connectivity index (χ1) is 5.90. The van der Waals surface area contributed by atoms with Crippen molar-refractivity contribution in [2.24, 2.45) is 0 Å². The molecule has 0 amide bonds. The molecule has 12 heavy (non-hydrogen) atoms. The summed E-state index contributed by atoms with van der Waals surface area (Å²) in [6, 6.07) is 0. The molecule has 2 heterocycles. The van der Waals surface area contributed by atoms with Crippen molar-refractivity contribution in [3.8, 4) is 0 Å². The predicted octanol–water partition coefficient (Wildman–Crippen LogP) is 1.03. The van der Waals surface area contributed by atoms with Crippen molar-refractivity contribution < 1.29 is 4.79 Å². The molecule has 1 aromatic rings. The van der Waals surface area contributed by atoms with E-state index in [4.69, 9.17) is 0 Å². The maximum Gasteiger partial charge on any atom is 0.161 e. The van der Waals surface area contributed by atoms with Gasteiger partial charge >= 0.3 is 0 Å². The monoisotopic (exact) mass is 182 g/mol. The van der Waals surface area contributed by atoms with Crippen LogP contribution in [0.15, 0.2) is 6.20 Å². The average molecular weight is 182 g/mol. The first kappa shape index (κ1) is 7.89. The molecule has 0 radical (unpaired) electrons. The highest BCUT2D eigenvalue weighted by Gasteiger charge is 2.19. The van der Waals surface area contributed by atoms with Crippen molar-refractivity contribution in [3.63, 3.8) is 0 Å². The van der Waals surface area contributed by atoms with Gasteiger partial charge in [-0.15, -0.1) is 11.3 Å². The third-order valence-electron chi connectivity index (χ3n) is 2.07. The van der Waals surface area contributed by atoms with Gasteiger partial charge in [-0.1, -0.05) is 0 Å². The van der Waals surface area contributed by atoms with Crippen LogP contribution in [0.1, 0.15) is 27.0 Å². The molecule has 1 aromatic heterocycles. The third-order valence-corrected chi connectivity index (χ3v) is 3.15. The van der Waals surface area contributed by atoms with Gasteiger partial charge in [-0.2, -0.15) is 0 Å². The zero-order valence-corrected chi connectivity index (χ0v) is 7.43. The lowest BCUT2D eigenvalue weighted by atomic mass is 10.1. The van der Waals surface area contributed by atoms with E-state index in [2.05, 4.69) is 10.3 Å². The summed E-state index contributed by atoms with van der Waals surface area (Å²) >= 11 is 1.51. The molecular formula is C8H10N2OS. The van der Waals surface area contributed by atoms with E-state index in [-0.39, 0.29) is 0 Å². The summed E-state index contributed by atoms with van der Waals surface area (Å²) in [5, 5.41) is 4.38. The number of nitrogens with zero attached hydrogens (tertiary/aromatic N) is 1. The van der Waals surface area contributed by atoms with Gasteiger partial charge in [-0.25, -0.2) is 4.98 Å². The van der Waals surface area contributed by atoms with E-state index in [1.807, 2.05) is 0 Å². The molecule has 1 aliphatic heterocycles. The van der Waals surface area contributed by atoms with Crippen LogP contribution in [0.4, 0.5) is 0 Å². The van der Waals surface area contributed by atoms with E-state index in [1.165, 1.54) is 11.3 Å². The first-order valence-corrected chi connectivity index (χ1v) is 4.83. The van der Waals surface area contributed by atoms with Gasteiger partial charge in [0.15, 0.2) is 6.29 Å². The van der Waals surface area contributed by atoms with Crippen molar-refractivity contribution in [2.45, 2.75) is 12.3 Å². The van der Waals surface area contributed by atoms with Gasteiger partial charge in [-0.3, -0.25) is 4.79 Å². The van der Waals surface area contributed by atoms with Crippen LogP contribution in [0.3, 0.4) is 0 Å². The van der Waals surface area contributed by atoms with Crippen molar-refractivity contribution in [2.75, 3.05) is 13.1 Å². The summed E-state index contributed by atoms with van der Waals surface area (Å²) in [6.45, 7) is 2.08. The van der Waals surface area contributed by atoms with Crippen LogP contribution in [-0.2, 0) is 0 Å². The Bertz CT molecular complexity index is 278. The molecule has 64 valence electrons. The number of nitrogens with one attached hydrogen (secondary N) is 1. The van der Waals surface area contributed by atoms with E-state index < -0.39 is 0 Å². The van der Waals surface area contributed by atoms with E-state index in [9.17, 15) is 4.79 Å². The van der Waals surface area contributed by atoms with Crippen LogP contribution in [0.2, 0.25) is 0 Å². The highest BCUT2D eigenvalue weighted by Crippen LogP contribution is 2.25. The molecule has 1 fully saturated rings. The third kappa shape index (κ3) is 1.40. The molecule has 1 saturated heterocycles. The SMILES string of the molecule is O=Cc1cnc(C2CCNC2)s1. The minimum absolute atomic E-state index is 0.531. The summed E-state index contributed by atoms with van der Waals surface area (Å²) < 4.78 is 0. The predicted molar refractivity (Wildman–Crippen MR) is 47.7 cm³/mol. The summed E-state index contributed by atoms with van der Waals surface area (Å²) in [7, 11) is 0. The van der Waals surface area contributed by atoms with Crippen molar-refractivity contribution in [1.29, 1.82) is 0 Å². The van der Waals surface area contributed by atoms with Gasteiger partial charge in [-0.05, 0) is 13.0 Å². The number of carbonyl (C=O) groups excluding carboxylic acids is 1. The van der Waals surface area contributed by atoms with E-state index in [1.54, 1.807) is 6.20 Å². The van der Waals surface area contributed by atoms with Gasteiger partial charge < -0.3 is 5.32 Å². The Kier molecular flexibility index (Phi) is 2.19. The molecule has 2 rings (SSSR count). The van der Waals surface area contributed by atoms with E-state index in [0.29, 0.717) is 5.92 Å². The number of rotatable bonds is 2. The number of thiazole rings is 1. The lowest BCUT2D eigenvalue weighted by molar-refractivity contribution is 0.112. The van der Waals surface area contributed by atoms with Crippen LogP contribution in [-0.4, -0.2) is 24.4 Å².